The zero-order valence-corrected chi connectivity index (χ0v) is 18.8. The average molecular weight is 428 g/mol. The molecule has 1 saturated heterocycles. The van der Waals surface area contributed by atoms with Crippen molar-refractivity contribution in [3.8, 4) is 5.75 Å². The predicted molar refractivity (Wildman–Crippen MR) is 118 cm³/mol. The summed E-state index contributed by atoms with van der Waals surface area (Å²) in [6, 6.07) is 8.27. The number of aryl methyl sites for hydroxylation is 1. The van der Waals surface area contributed by atoms with Gasteiger partial charge in [-0.05, 0) is 31.2 Å². The molecule has 0 atom stereocenters. The fourth-order valence-corrected chi connectivity index (χ4v) is 3.80. The smallest absolute Gasteiger partial charge is 0.222 e. The van der Waals surface area contributed by atoms with Crippen LogP contribution in [0.4, 0.5) is 0 Å². The maximum atomic E-state index is 5.99. The normalized spacial score (nSPS) is 18.1. The van der Waals surface area contributed by atoms with Gasteiger partial charge < -0.3 is 14.5 Å². The first-order valence-electron chi connectivity index (χ1n) is 11.1. The number of unbranched alkanes of at least 4 members (excludes halogenated alkanes) is 1. The van der Waals surface area contributed by atoms with E-state index in [2.05, 4.69) is 51.6 Å². The molecule has 9 heteroatoms. The lowest BCUT2D eigenvalue weighted by Gasteiger charge is -2.33. The molecule has 3 heterocycles. The van der Waals surface area contributed by atoms with E-state index < -0.39 is 5.72 Å². The molecule has 168 valence electrons. The Morgan fingerprint density at radius 1 is 1.16 bits per heavy atom. The van der Waals surface area contributed by atoms with Crippen molar-refractivity contribution in [1.82, 2.24) is 30.3 Å². The molecule has 0 radical (unpaired) electrons. The molecule has 4 rings (SSSR count). The summed E-state index contributed by atoms with van der Waals surface area (Å²) >= 11 is 0. The summed E-state index contributed by atoms with van der Waals surface area (Å²) in [7, 11) is 3.96. The Hall–Kier alpha value is -2.65. The highest BCUT2D eigenvalue weighted by molar-refractivity contribution is 5.80. The number of nitrogens with zero attached hydrogens (tertiary/aromatic N) is 6. The number of hydroxylamine groups is 1. The van der Waals surface area contributed by atoms with Crippen LogP contribution in [0.3, 0.4) is 0 Å². The SMILES string of the molecule is CCCCOc1ccc(CN(Cc2cnn(C)n2)C2=NC3(CCN(C)CC3)ON2)cc1. The van der Waals surface area contributed by atoms with Crippen molar-refractivity contribution < 1.29 is 9.57 Å². The Balaban J connectivity index is 1.48. The summed E-state index contributed by atoms with van der Waals surface area (Å²) in [6.07, 6.45) is 5.74. The van der Waals surface area contributed by atoms with Gasteiger partial charge in [-0.3, -0.25) is 0 Å². The third-order valence-electron chi connectivity index (χ3n) is 5.77. The van der Waals surface area contributed by atoms with E-state index in [0.717, 1.165) is 62.8 Å². The van der Waals surface area contributed by atoms with Crippen LogP contribution in [0.15, 0.2) is 35.5 Å². The number of benzene rings is 1. The minimum Gasteiger partial charge on any atom is -0.494 e. The molecular weight excluding hydrogens is 394 g/mol. The Kier molecular flexibility index (Phi) is 6.72. The third kappa shape index (κ3) is 5.54. The Morgan fingerprint density at radius 2 is 1.94 bits per heavy atom. The van der Waals surface area contributed by atoms with Gasteiger partial charge in [0.25, 0.3) is 0 Å². The lowest BCUT2D eigenvalue weighted by Crippen LogP contribution is -2.43. The predicted octanol–water partition coefficient (Wildman–Crippen LogP) is 2.31. The number of piperidine rings is 1. The second kappa shape index (κ2) is 9.65. The maximum absolute atomic E-state index is 5.99. The molecule has 1 aromatic carbocycles. The minimum atomic E-state index is -0.473. The molecule has 0 amide bonds. The molecule has 1 aromatic heterocycles. The summed E-state index contributed by atoms with van der Waals surface area (Å²) in [5.74, 6) is 1.65. The van der Waals surface area contributed by atoms with E-state index in [1.54, 1.807) is 11.0 Å². The van der Waals surface area contributed by atoms with Gasteiger partial charge in [0.05, 0.1) is 19.3 Å². The lowest BCUT2D eigenvalue weighted by molar-refractivity contribution is -0.0875. The highest BCUT2D eigenvalue weighted by atomic mass is 16.7. The van der Waals surface area contributed by atoms with E-state index in [1.807, 2.05) is 19.2 Å². The number of ether oxygens (including phenoxy) is 1. The summed E-state index contributed by atoms with van der Waals surface area (Å²) in [5, 5.41) is 8.65. The maximum Gasteiger partial charge on any atom is 0.222 e. The summed E-state index contributed by atoms with van der Waals surface area (Å²) < 4.78 is 5.79. The number of hydrogen-bond acceptors (Lipinski definition) is 8. The molecular formula is C22H33N7O2. The van der Waals surface area contributed by atoms with Gasteiger partial charge in [-0.1, -0.05) is 25.5 Å². The first-order valence-corrected chi connectivity index (χ1v) is 11.1. The molecule has 0 bridgehead atoms. The molecule has 31 heavy (non-hydrogen) atoms. The molecule has 2 aliphatic rings. The monoisotopic (exact) mass is 427 g/mol. The van der Waals surface area contributed by atoms with Gasteiger partial charge in [0.2, 0.25) is 5.96 Å². The van der Waals surface area contributed by atoms with Crippen LogP contribution in [-0.4, -0.2) is 63.2 Å². The van der Waals surface area contributed by atoms with E-state index in [0.29, 0.717) is 13.1 Å². The van der Waals surface area contributed by atoms with Gasteiger partial charge in [0.1, 0.15) is 11.4 Å². The van der Waals surface area contributed by atoms with Crippen molar-refractivity contribution in [3.63, 3.8) is 0 Å². The quantitative estimate of drug-likeness (QED) is 0.648. The number of aromatic nitrogens is 3. The molecule has 0 unspecified atom stereocenters. The van der Waals surface area contributed by atoms with E-state index in [9.17, 15) is 0 Å². The van der Waals surface area contributed by atoms with Crippen molar-refractivity contribution in [2.45, 2.75) is 51.4 Å². The summed E-state index contributed by atoms with van der Waals surface area (Å²) in [4.78, 5) is 17.0. The summed E-state index contributed by atoms with van der Waals surface area (Å²) in [5.41, 5.74) is 4.68. The van der Waals surface area contributed by atoms with Gasteiger partial charge in [0, 0.05) is 39.5 Å². The van der Waals surface area contributed by atoms with E-state index in [4.69, 9.17) is 14.6 Å². The van der Waals surface area contributed by atoms with Crippen molar-refractivity contribution in [3.05, 3.63) is 41.7 Å². The molecule has 9 nitrogen and oxygen atoms in total. The van der Waals surface area contributed by atoms with Crippen LogP contribution in [0.5, 0.6) is 5.75 Å². The second-order valence-corrected chi connectivity index (χ2v) is 8.42. The highest BCUT2D eigenvalue weighted by Crippen LogP contribution is 2.30. The zero-order valence-electron chi connectivity index (χ0n) is 18.8. The van der Waals surface area contributed by atoms with Crippen molar-refractivity contribution in [2.75, 3.05) is 26.7 Å². The van der Waals surface area contributed by atoms with Crippen LogP contribution < -0.4 is 10.2 Å². The molecule has 1 N–H and O–H groups in total. The van der Waals surface area contributed by atoms with Crippen molar-refractivity contribution in [2.24, 2.45) is 12.0 Å². The van der Waals surface area contributed by atoms with E-state index in [-0.39, 0.29) is 0 Å². The number of aliphatic imine (C=N–C) groups is 1. The molecule has 1 spiro atoms. The van der Waals surface area contributed by atoms with E-state index >= 15 is 0 Å². The number of hydrogen-bond donors (Lipinski definition) is 1. The average Bonchev–Trinajstić information content (AvgIpc) is 3.38. The van der Waals surface area contributed by atoms with Crippen molar-refractivity contribution in [1.29, 1.82) is 0 Å². The standard InChI is InChI=1S/C22H33N7O2/c1-4-5-14-30-20-8-6-18(7-9-20)16-29(17-19-15-23-28(3)25-19)21-24-22(31-26-21)10-12-27(2)13-11-22/h6-9,15H,4-5,10-14,16-17H2,1-3H3,(H,24,26). The van der Waals surface area contributed by atoms with Gasteiger partial charge in [-0.25, -0.2) is 15.3 Å². The molecule has 2 aromatic rings. The van der Waals surface area contributed by atoms with Crippen LogP contribution in [0.25, 0.3) is 0 Å². The van der Waals surface area contributed by atoms with Crippen LogP contribution in [-0.2, 0) is 25.0 Å². The van der Waals surface area contributed by atoms with Crippen LogP contribution in [0, 0.1) is 0 Å². The molecule has 0 saturated carbocycles. The largest absolute Gasteiger partial charge is 0.494 e. The Labute approximate surface area is 184 Å². The fourth-order valence-electron chi connectivity index (χ4n) is 3.80. The topological polar surface area (TPSA) is 80.0 Å². The van der Waals surface area contributed by atoms with Gasteiger partial charge in [-0.15, -0.1) is 0 Å². The number of rotatable bonds is 8. The first kappa shape index (κ1) is 21.6. The fraction of sp³-hybridized carbons (Fsp3) is 0.591. The van der Waals surface area contributed by atoms with Gasteiger partial charge >= 0.3 is 0 Å². The van der Waals surface area contributed by atoms with Crippen LogP contribution >= 0.6 is 0 Å². The zero-order chi connectivity index (χ0) is 21.7. The molecule has 1 fully saturated rings. The Bertz CT molecular complexity index is 872. The van der Waals surface area contributed by atoms with Crippen LogP contribution in [0.1, 0.15) is 43.9 Å². The summed E-state index contributed by atoms with van der Waals surface area (Å²) in [6.45, 7) is 6.14. The lowest BCUT2D eigenvalue weighted by atomic mass is 10.0. The third-order valence-corrected chi connectivity index (χ3v) is 5.77. The molecule has 0 aliphatic carbocycles. The van der Waals surface area contributed by atoms with Crippen molar-refractivity contribution >= 4 is 5.96 Å². The second-order valence-electron chi connectivity index (χ2n) is 8.42. The number of nitrogens with one attached hydrogen (secondary N) is 1. The van der Waals surface area contributed by atoms with Gasteiger partial charge in [-0.2, -0.15) is 15.0 Å². The Morgan fingerprint density at radius 3 is 2.61 bits per heavy atom. The van der Waals surface area contributed by atoms with Crippen LogP contribution in [0.2, 0.25) is 0 Å². The number of likely N-dealkylation sites (tertiary alicyclic amines) is 1. The highest BCUT2D eigenvalue weighted by Gasteiger charge is 2.40. The first-order chi connectivity index (χ1) is 15.0. The minimum absolute atomic E-state index is 0.473. The number of guanidine groups is 1. The van der Waals surface area contributed by atoms with Gasteiger partial charge in [0.15, 0.2) is 5.72 Å². The molecule has 2 aliphatic heterocycles. The van der Waals surface area contributed by atoms with E-state index in [1.165, 1.54) is 5.56 Å².